The van der Waals surface area contributed by atoms with E-state index in [1.165, 1.54) is 0 Å². The third kappa shape index (κ3) is 4.15. The Morgan fingerprint density at radius 3 is 2.65 bits per heavy atom. The Labute approximate surface area is 150 Å². The first-order chi connectivity index (χ1) is 12.5. The fraction of sp³-hybridized carbons (Fsp3) is 0.222. The summed E-state index contributed by atoms with van der Waals surface area (Å²) in [5, 5.41) is 6.69. The van der Waals surface area contributed by atoms with E-state index in [1.807, 2.05) is 43.3 Å². The van der Waals surface area contributed by atoms with Crippen molar-refractivity contribution in [1.82, 2.24) is 15.1 Å². The van der Waals surface area contributed by atoms with E-state index in [2.05, 4.69) is 20.4 Å². The van der Waals surface area contributed by atoms with Crippen LogP contribution in [0.2, 0.25) is 0 Å². The standard InChI is InChI=1S/C18H19N5O3/c1-12-5-4-6-15(19-12)20-16(24)11-23(2)18-21-17(22-26-18)13-7-9-14(25-3)10-8-13/h4-10H,11H2,1-3H3,(H,19,20,24). The molecule has 1 aromatic carbocycles. The summed E-state index contributed by atoms with van der Waals surface area (Å²) in [5.41, 5.74) is 1.62. The maximum absolute atomic E-state index is 12.2. The Hall–Kier alpha value is -3.42. The van der Waals surface area contributed by atoms with Crippen LogP contribution in [0.25, 0.3) is 11.4 Å². The second-order valence-electron chi connectivity index (χ2n) is 5.70. The Bertz CT molecular complexity index is 892. The number of carbonyl (C=O) groups excluding carboxylic acids is 1. The molecular formula is C18H19N5O3. The predicted octanol–water partition coefficient (Wildman–Crippen LogP) is 2.52. The third-order valence-electron chi connectivity index (χ3n) is 3.63. The van der Waals surface area contributed by atoms with E-state index in [0.29, 0.717) is 11.6 Å². The zero-order chi connectivity index (χ0) is 18.5. The number of rotatable bonds is 6. The number of ether oxygens (including phenoxy) is 1. The van der Waals surface area contributed by atoms with E-state index in [0.717, 1.165) is 17.0 Å². The quantitative estimate of drug-likeness (QED) is 0.728. The van der Waals surface area contributed by atoms with Crippen molar-refractivity contribution in [1.29, 1.82) is 0 Å². The Balaban J connectivity index is 1.63. The van der Waals surface area contributed by atoms with Gasteiger partial charge in [0.05, 0.1) is 7.11 Å². The van der Waals surface area contributed by atoms with E-state index in [9.17, 15) is 4.79 Å². The molecular weight excluding hydrogens is 334 g/mol. The van der Waals surface area contributed by atoms with Crippen molar-refractivity contribution >= 4 is 17.7 Å². The second-order valence-corrected chi connectivity index (χ2v) is 5.70. The van der Waals surface area contributed by atoms with Crippen LogP contribution in [0.3, 0.4) is 0 Å². The second kappa shape index (κ2) is 7.64. The lowest BCUT2D eigenvalue weighted by Crippen LogP contribution is -2.30. The molecule has 2 heterocycles. The van der Waals surface area contributed by atoms with Gasteiger partial charge in [0.25, 0.3) is 0 Å². The molecule has 0 saturated carbocycles. The highest BCUT2D eigenvalue weighted by Gasteiger charge is 2.15. The minimum Gasteiger partial charge on any atom is -0.497 e. The number of methoxy groups -OCH3 is 1. The maximum Gasteiger partial charge on any atom is 0.324 e. The van der Waals surface area contributed by atoms with Gasteiger partial charge in [0.1, 0.15) is 18.1 Å². The molecule has 0 unspecified atom stereocenters. The fourth-order valence-electron chi connectivity index (χ4n) is 2.31. The Morgan fingerprint density at radius 2 is 1.96 bits per heavy atom. The van der Waals surface area contributed by atoms with Crippen molar-refractivity contribution in [3.05, 3.63) is 48.2 Å². The number of hydrogen-bond acceptors (Lipinski definition) is 7. The summed E-state index contributed by atoms with van der Waals surface area (Å²) in [4.78, 5) is 22.3. The lowest BCUT2D eigenvalue weighted by atomic mass is 10.2. The Morgan fingerprint density at radius 1 is 1.19 bits per heavy atom. The highest BCUT2D eigenvalue weighted by atomic mass is 16.5. The molecule has 0 radical (unpaired) electrons. The molecule has 1 amide bonds. The molecule has 0 saturated heterocycles. The fourth-order valence-corrected chi connectivity index (χ4v) is 2.31. The smallest absolute Gasteiger partial charge is 0.324 e. The van der Waals surface area contributed by atoms with Crippen molar-refractivity contribution in [2.24, 2.45) is 0 Å². The third-order valence-corrected chi connectivity index (χ3v) is 3.63. The van der Waals surface area contributed by atoms with E-state index in [4.69, 9.17) is 9.26 Å². The molecule has 0 aliphatic rings. The number of pyridine rings is 1. The van der Waals surface area contributed by atoms with Gasteiger partial charge < -0.3 is 19.5 Å². The first-order valence-electron chi connectivity index (χ1n) is 7.98. The van der Waals surface area contributed by atoms with Crippen LogP contribution in [0.4, 0.5) is 11.8 Å². The first kappa shape index (κ1) is 17.4. The average molecular weight is 353 g/mol. The normalized spacial score (nSPS) is 10.4. The summed E-state index contributed by atoms with van der Waals surface area (Å²) in [6, 6.07) is 13.0. The number of aryl methyl sites for hydroxylation is 1. The zero-order valence-corrected chi connectivity index (χ0v) is 14.8. The summed E-state index contributed by atoms with van der Waals surface area (Å²) >= 11 is 0. The van der Waals surface area contributed by atoms with Crippen LogP contribution in [0.15, 0.2) is 47.0 Å². The molecule has 0 aliphatic heterocycles. The van der Waals surface area contributed by atoms with E-state index < -0.39 is 0 Å². The van der Waals surface area contributed by atoms with Gasteiger partial charge in [-0.05, 0) is 43.3 Å². The lowest BCUT2D eigenvalue weighted by Gasteiger charge is -2.13. The van der Waals surface area contributed by atoms with Crippen molar-refractivity contribution < 1.29 is 14.1 Å². The summed E-state index contributed by atoms with van der Waals surface area (Å²) in [6.07, 6.45) is 0. The maximum atomic E-state index is 12.2. The molecule has 0 aliphatic carbocycles. The molecule has 0 atom stereocenters. The van der Waals surface area contributed by atoms with Crippen molar-refractivity contribution in [3.63, 3.8) is 0 Å². The van der Waals surface area contributed by atoms with Crippen molar-refractivity contribution in [3.8, 4) is 17.1 Å². The van der Waals surface area contributed by atoms with E-state index >= 15 is 0 Å². The average Bonchev–Trinajstić information content (AvgIpc) is 3.12. The summed E-state index contributed by atoms with van der Waals surface area (Å²) in [6.45, 7) is 1.92. The van der Waals surface area contributed by atoms with Gasteiger partial charge >= 0.3 is 6.01 Å². The molecule has 1 N–H and O–H groups in total. The van der Waals surface area contributed by atoms with Crippen molar-refractivity contribution in [2.45, 2.75) is 6.92 Å². The van der Waals surface area contributed by atoms with Crippen LogP contribution in [-0.2, 0) is 4.79 Å². The van der Waals surface area contributed by atoms with Crippen LogP contribution in [0.1, 0.15) is 5.69 Å². The van der Waals surface area contributed by atoms with Gasteiger partial charge in [-0.25, -0.2) is 4.98 Å². The zero-order valence-electron chi connectivity index (χ0n) is 14.8. The van der Waals surface area contributed by atoms with Gasteiger partial charge in [-0.15, -0.1) is 0 Å². The number of benzene rings is 1. The van der Waals surface area contributed by atoms with Gasteiger partial charge in [0.2, 0.25) is 11.7 Å². The van der Waals surface area contributed by atoms with Gasteiger partial charge in [0.15, 0.2) is 0 Å². The number of anilines is 2. The van der Waals surface area contributed by atoms with E-state index in [-0.39, 0.29) is 18.5 Å². The highest BCUT2D eigenvalue weighted by Crippen LogP contribution is 2.21. The molecule has 0 spiro atoms. The first-order valence-corrected chi connectivity index (χ1v) is 7.98. The van der Waals surface area contributed by atoms with Gasteiger partial charge in [-0.2, -0.15) is 4.98 Å². The minimum absolute atomic E-state index is 0.0554. The number of hydrogen-bond donors (Lipinski definition) is 1. The summed E-state index contributed by atoms with van der Waals surface area (Å²) in [5.74, 6) is 1.47. The molecule has 8 heteroatoms. The molecule has 26 heavy (non-hydrogen) atoms. The number of carbonyl (C=O) groups is 1. The van der Waals surface area contributed by atoms with Crippen LogP contribution in [0, 0.1) is 6.92 Å². The van der Waals surface area contributed by atoms with Crippen LogP contribution >= 0.6 is 0 Å². The number of likely N-dealkylation sites (N-methyl/N-ethyl adjacent to an activating group) is 1. The minimum atomic E-state index is -0.227. The molecule has 0 fully saturated rings. The van der Waals surface area contributed by atoms with Crippen LogP contribution < -0.4 is 15.0 Å². The predicted molar refractivity (Wildman–Crippen MR) is 97.2 cm³/mol. The molecule has 0 bridgehead atoms. The number of nitrogens with zero attached hydrogens (tertiary/aromatic N) is 4. The SMILES string of the molecule is COc1ccc(-c2noc(N(C)CC(=O)Nc3cccc(C)n3)n2)cc1. The van der Waals surface area contributed by atoms with Gasteiger partial charge in [0, 0.05) is 18.3 Å². The lowest BCUT2D eigenvalue weighted by molar-refractivity contribution is -0.115. The number of aromatic nitrogens is 3. The largest absolute Gasteiger partial charge is 0.497 e. The van der Waals surface area contributed by atoms with Gasteiger partial charge in [-0.3, -0.25) is 4.79 Å². The summed E-state index contributed by atoms with van der Waals surface area (Å²) in [7, 11) is 3.31. The van der Waals surface area contributed by atoms with Gasteiger partial charge in [-0.1, -0.05) is 11.2 Å². The molecule has 2 aromatic heterocycles. The summed E-state index contributed by atoms with van der Waals surface area (Å²) < 4.78 is 10.4. The number of amides is 1. The van der Waals surface area contributed by atoms with Crippen molar-refractivity contribution in [2.75, 3.05) is 30.9 Å². The molecule has 3 aromatic rings. The Kier molecular flexibility index (Phi) is 5.12. The highest BCUT2D eigenvalue weighted by molar-refractivity contribution is 5.92. The monoisotopic (exact) mass is 353 g/mol. The molecule has 3 rings (SSSR count). The number of nitrogens with one attached hydrogen (secondary N) is 1. The van der Waals surface area contributed by atoms with Crippen LogP contribution in [-0.4, -0.2) is 41.7 Å². The van der Waals surface area contributed by atoms with Crippen LogP contribution in [0.5, 0.6) is 5.75 Å². The molecule has 8 nitrogen and oxygen atoms in total. The topological polar surface area (TPSA) is 93.4 Å². The van der Waals surface area contributed by atoms with E-state index in [1.54, 1.807) is 25.1 Å². The molecule has 134 valence electrons.